The number of Topliss-reactive ketones (excluding diaryl/α,β-unsaturated/α-hetero) is 1. The zero-order chi connectivity index (χ0) is 11.3. The second kappa shape index (κ2) is 5.61. The Kier molecular flexibility index (Phi) is 4.43. The average Bonchev–Trinajstić information content (AvgIpc) is 2.26. The molecule has 0 aliphatic carbocycles. The van der Waals surface area contributed by atoms with Crippen LogP contribution < -0.4 is 0 Å². The molecule has 1 aromatic carbocycles. The molecule has 1 unspecified atom stereocenters. The molecule has 0 fully saturated rings. The molecule has 15 heavy (non-hydrogen) atoms. The van der Waals surface area contributed by atoms with Crippen molar-refractivity contribution in [2.24, 2.45) is 0 Å². The Balaban J connectivity index is 2.63. The summed E-state index contributed by atoms with van der Waals surface area (Å²) in [5.74, 6) is -0.447. The maximum Gasteiger partial charge on any atom is 0.191 e. The van der Waals surface area contributed by atoms with E-state index in [9.17, 15) is 9.18 Å². The van der Waals surface area contributed by atoms with Gasteiger partial charge in [0.2, 0.25) is 0 Å². The van der Waals surface area contributed by atoms with Crippen LogP contribution in [0.2, 0.25) is 0 Å². The molecule has 0 spiro atoms. The van der Waals surface area contributed by atoms with E-state index in [1.54, 1.807) is 6.92 Å². The van der Waals surface area contributed by atoms with E-state index in [4.69, 9.17) is 4.74 Å². The van der Waals surface area contributed by atoms with Crippen molar-refractivity contribution in [2.75, 3.05) is 6.61 Å². The van der Waals surface area contributed by atoms with Gasteiger partial charge in [-0.25, -0.2) is 4.39 Å². The quantitative estimate of drug-likeness (QED) is 0.698. The van der Waals surface area contributed by atoms with E-state index < -0.39 is 6.10 Å². The fourth-order valence-electron chi connectivity index (χ4n) is 1.22. The molecule has 1 atom stereocenters. The molecule has 0 radical (unpaired) electrons. The summed E-state index contributed by atoms with van der Waals surface area (Å²) >= 11 is 0. The first-order valence-corrected chi connectivity index (χ1v) is 5.06. The molecule has 0 saturated heterocycles. The van der Waals surface area contributed by atoms with Gasteiger partial charge < -0.3 is 4.74 Å². The summed E-state index contributed by atoms with van der Waals surface area (Å²) in [6.45, 7) is 4.25. The Bertz CT molecular complexity index is 319. The van der Waals surface area contributed by atoms with Crippen molar-refractivity contribution in [2.45, 2.75) is 26.4 Å². The lowest BCUT2D eigenvalue weighted by Gasteiger charge is -2.10. The topological polar surface area (TPSA) is 26.3 Å². The predicted octanol–water partition coefficient (Wildman–Crippen LogP) is 2.82. The van der Waals surface area contributed by atoms with E-state index in [0.717, 1.165) is 6.42 Å². The van der Waals surface area contributed by atoms with Crippen molar-refractivity contribution in [3.8, 4) is 0 Å². The van der Waals surface area contributed by atoms with Crippen molar-refractivity contribution in [1.82, 2.24) is 0 Å². The van der Waals surface area contributed by atoms with Gasteiger partial charge in [-0.2, -0.15) is 0 Å². The van der Waals surface area contributed by atoms with Crippen LogP contribution in [0.15, 0.2) is 24.3 Å². The first-order valence-electron chi connectivity index (χ1n) is 5.06. The molecule has 0 heterocycles. The zero-order valence-electron chi connectivity index (χ0n) is 9.00. The van der Waals surface area contributed by atoms with Gasteiger partial charge in [0.15, 0.2) is 5.78 Å². The molecule has 0 aromatic heterocycles. The van der Waals surface area contributed by atoms with Crippen molar-refractivity contribution in [3.63, 3.8) is 0 Å². The Labute approximate surface area is 89.1 Å². The Morgan fingerprint density at radius 3 is 2.53 bits per heavy atom. The van der Waals surface area contributed by atoms with Crippen molar-refractivity contribution in [3.05, 3.63) is 35.6 Å². The Morgan fingerprint density at radius 2 is 2.00 bits per heavy atom. The number of rotatable bonds is 5. The second-order valence-electron chi connectivity index (χ2n) is 3.38. The summed E-state index contributed by atoms with van der Waals surface area (Å²) in [7, 11) is 0. The van der Waals surface area contributed by atoms with E-state index in [2.05, 4.69) is 0 Å². The largest absolute Gasteiger partial charge is 0.370 e. The highest BCUT2D eigenvalue weighted by molar-refractivity contribution is 5.99. The predicted molar refractivity (Wildman–Crippen MR) is 56.4 cm³/mol. The van der Waals surface area contributed by atoms with E-state index in [1.165, 1.54) is 24.3 Å². The lowest BCUT2D eigenvalue weighted by Crippen LogP contribution is -2.21. The van der Waals surface area contributed by atoms with Crippen LogP contribution in [-0.2, 0) is 4.74 Å². The van der Waals surface area contributed by atoms with Crippen LogP contribution in [0.25, 0.3) is 0 Å². The molecule has 0 aliphatic rings. The Hall–Kier alpha value is -1.22. The minimum atomic E-state index is -0.463. The molecule has 1 rings (SSSR count). The molecule has 0 saturated carbocycles. The SMILES string of the molecule is CCCOC(C)C(=O)c1ccc(F)cc1. The smallest absolute Gasteiger partial charge is 0.191 e. The number of hydrogen-bond donors (Lipinski definition) is 0. The van der Waals surface area contributed by atoms with Gasteiger partial charge in [-0.15, -0.1) is 0 Å². The number of benzene rings is 1. The lowest BCUT2D eigenvalue weighted by atomic mass is 10.1. The highest BCUT2D eigenvalue weighted by Gasteiger charge is 2.14. The number of hydrogen-bond acceptors (Lipinski definition) is 2. The zero-order valence-corrected chi connectivity index (χ0v) is 9.00. The van der Waals surface area contributed by atoms with Gasteiger partial charge in [-0.3, -0.25) is 4.79 Å². The molecule has 0 aliphatic heterocycles. The van der Waals surface area contributed by atoms with Gasteiger partial charge in [0, 0.05) is 12.2 Å². The van der Waals surface area contributed by atoms with Crippen LogP contribution in [0.1, 0.15) is 30.6 Å². The van der Waals surface area contributed by atoms with Crippen LogP contribution >= 0.6 is 0 Å². The minimum absolute atomic E-state index is 0.108. The molecule has 0 bridgehead atoms. The number of ether oxygens (including phenoxy) is 1. The summed E-state index contributed by atoms with van der Waals surface area (Å²) in [5, 5.41) is 0. The summed E-state index contributed by atoms with van der Waals surface area (Å²) in [5.41, 5.74) is 0.486. The molecule has 1 aromatic rings. The highest BCUT2D eigenvalue weighted by Crippen LogP contribution is 2.08. The normalized spacial score (nSPS) is 12.5. The van der Waals surface area contributed by atoms with Gasteiger partial charge in [0.1, 0.15) is 11.9 Å². The number of carbonyl (C=O) groups is 1. The standard InChI is InChI=1S/C12H15FO2/c1-3-8-15-9(2)12(14)10-4-6-11(13)7-5-10/h4-7,9H,3,8H2,1-2H3. The van der Waals surface area contributed by atoms with Gasteiger partial charge in [-0.1, -0.05) is 6.92 Å². The molecule has 0 amide bonds. The monoisotopic (exact) mass is 210 g/mol. The van der Waals surface area contributed by atoms with E-state index in [0.29, 0.717) is 12.2 Å². The third-order valence-corrected chi connectivity index (χ3v) is 2.07. The summed E-state index contributed by atoms with van der Waals surface area (Å²) in [4.78, 5) is 11.7. The van der Waals surface area contributed by atoms with Crippen LogP contribution in [-0.4, -0.2) is 18.5 Å². The van der Waals surface area contributed by atoms with Crippen LogP contribution in [0.3, 0.4) is 0 Å². The van der Waals surface area contributed by atoms with Crippen LogP contribution in [0.4, 0.5) is 4.39 Å². The lowest BCUT2D eigenvalue weighted by molar-refractivity contribution is 0.0479. The van der Waals surface area contributed by atoms with E-state index in [1.807, 2.05) is 6.92 Å². The maximum absolute atomic E-state index is 12.6. The number of halogens is 1. The Morgan fingerprint density at radius 1 is 1.40 bits per heavy atom. The number of carbonyl (C=O) groups excluding carboxylic acids is 1. The molecular formula is C12H15FO2. The molecule has 0 N–H and O–H groups in total. The van der Waals surface area contributed by atoms with Gasteiger partial charge in [0.25, 0.3) is 0 Å². The van der Waals surface area contributed by atoms with Crippen molar-refractivity contribution in [1.29, 1.82) is 0 Å². The second-order valence-corrected chi connectivity index (χ2v) is 3.38. The van der Waals surface area contributed by atoms with Crippen molar-refractivity contribution < 1.29 is 13.9 Å². The van der Waals surface area contributed by atoms with Gasteiger partial charge in [0.05, 0.1) is 0 Å². The highest BCUT2D eigenvalue weighted by atomic mass is 19.1. The fraction of sp³-hybridized carbons (Fsp3) is 0.417. The molecular weight excluding hydrogens is 195 g/mol. The first-order chi connectivity index (χ1) is 7.15. The molecule has 2 nitrogen and oxygen atoms in total. The van der Waals surface area contributed by atoms with E-state index in [-0.39, 0.29) is 11.6 Å². The minimum Gasteiger partial charge on any atom is -0.370 e. The number of ketones is 1. The molecule has 82 valence electrons. The van der Waals surface area contributed by atoms with Gasteiger partial charge >= 0.3 is 0 Å². The first kappa shape index (κ1) is 11.9. The maximum atomic E-state index is 12.6. The third-order valence-electron chi connectivity index (χ3n) is 2.07. The van der Waals surface area contributed by atoms with E-state index >= 15 is 0 Å². The van der Waals surface area contributed by atoms with Crippen LogP contribution in [0.5, 0.6) is 0 Å². The summed E-state index contributed by atoms with van der Waals surface area (Å²) in [6.07, 6.45) is 0.413. The molecule has 3 heteroatoms. The summed E-state index contributed by atoms with van der Waals surface area (Å²) < 4.78 is 17.9. The third kappa shape index (κ3) is 3.44. The fourth-order valence-corrected chi connectivity index (χ4v) is 1.22. The van der Waals surface area contributed by atoms with Crippen LogP contribution in [0, 0.1) is 5.82 Å². The van der Waals surface area contributed by atoms with Crippen molar-refractivity contribution >= 4 is 5.78 Å². The summed E-state index contributed by atoms with van der Waals surface area (Å²) in [6, 6.07) is 5.51. The van der Waals surface area contributed by atoms with Gasteiger partial charge in [-0.05, 0) is 37.6 Å². The average molecular weight is 210 g/mol.